The number of halogens is 2. The largest absolute Gasteiger partial charge is 0.361 e. The molecule has 38 heavy (non-hydrogen) atoms. The maximum Gasteiger partial charge on any atom is 0.234 e. The van der Waals surface area contributed by atoms with Crippen LogP contribution in [0.3, 0.4) is 0 Å². The highest BCUT2D eigenvalue weighted by atomic mass is 35.5. The van der Waals surface area contributed by atoms with Crippen LogP contribution in [0.25, 0.3) is 11.1 Å². The molecule has 3 heterocycles. The highest BCUT2D eigenvalue weighted by Gasteiger charge is 2.46. The fraction of sp³-hybridized carbons (Fsp3) is 0.414. The van der Waals surface area contributed by atoms with Crippen molar-refractivity contribution in [1.82, 2.24) is 15.4 Å². The van der Waals surface area contributed by atoms with Crippen molar-refractivity contribution in [2.75, 3.05) is 6.54 Å². The highest BCUT2D eigenvalue weighted by molar-refractivity contribution is 6.32. The molecular formula is C29H32ClFN4O3. The van der Waals surface area contributed by atoms with Crippen molar-refractivity contribution in [3.05, 3.63) is 76.4 Å². The Morgan fingerprint density at radius 1 is 1.21 bits per heavy atom. The monoisotopic (exact) mass is 538 g/mol. The van der Waals surface area contributed by atoms with Gasteiger partial charge in [-0.05, 0) is 36.8 Å². The van der Waals surface area contributed by atoms with Gasteiger partial charge < -0.3 is 19.6 Å². The minimum atomic E-state index is -0.924. The van der Waals surface area contributed by atoms with E-state index >= 15 is 0 Å². The van der Waals surface area contributed by atoms with Crippen LogP contribution in [0.1, 0.15) is 57.1 Å². The third-order valence-electron chi connectivity index (χ3n) is 7.45. The van der Waals surface area contributed by atoms with Crippen LogP contribution in [0.5, 0.6) is 0 Å². The van der Waals surface area contributed by atoms with E-state index in [9.17, 15) is 9.18 Å². The van der Waals surface area contributed by atoms with Crippen LogP contribution < -0.4 is 5.32 Å². The van der Waals surface area contributed by atoms with Crippen molar-refractivity contribution < 1.29 is 18.5 Å². The number of carbonyl (C=O) groups is 1. The first kappa shape index (κ1) is 26.2. The summed E-state index contributed by atoms with van der Waals surface area (Å²) in [5, 5.41) is 12.2. The standard InChI is InChI=1S/C29H32ClFN4O3/c1-16(2)24(26-25(30)18(4)33-37-26)28(36)35-15-17(3)14-23(35)27-32-29(5,38-34-27)20-12-10-19(11-13-20)21-8-6-7-9-22(21)31/h6-13,16-17,23-24H,14-15H2,1-5H3,(H,32,34)/t17-,23+,24-,29?/m1/s1. The number of nitrogens with zero attached hydrogens (tertiary/aromatic N) is 3. The molecule has 4 atom stereocenters. The van der Waals surface area contributed by atoms with E-state index in [1.54, 1.807) is 19.1 Å². The fourth-order valence-electron chi connectivity index (χ4n) is 5.36. The molecule has 3 aromatic rings. The predicted octanol–water partition coefficient (Wildman–Crippen LogP) is 6.23. The van der Waals surface area contributed by atoms with E-state index in [0.29, 0.717) is 34.4 Å². The van der Waals surface area contributed by atoms with E-state index in [0.717, 1.165) is 17.5 Å². The van der Waals surface area contributed by atoms with Gasteiger partial charge in [0.05, 0.1) is 11.7 Å². The van der Waals surface area contributed by atoms with Gasteiger partial charge in [0.2, 0.25) is 11.6 Å². The number of amides is 1. The Morgan fingerprint density at radius 3 is 2.55 bits per heavy atom. The molecule has 1 amide bonds. The number of aryl methyl sites for hydroxylation is 1. The first-order valence-electron chi connectivity index (χ1n) is 12.9. The minimum Gasteiger partial charge on any atom is -0.361 e. The topological polar surface area (TPSA) is 80.0 Å². The number of benzene rings is 2. The quantitative estimate of drug-likeness (QED) is 0.402. The number of amidine groups is 1. The number of nitrogens with one attached hydrogen (secondary N) is 1. The van der Waals surface area contributed by atoms with Crippen LogP contribution in [-0.2, 0) is 15.4 Å². The van der Waals surface area contributed by atoms with Crippen LogP contribution >= 0.6 is 11.6 Å². The molecule has 0 spiro atoms. The molecule has 7 nitrogen and oxygen atoms in total. The number of hydrogen-bond acceptors (Lipinski definition) is 6. The third-order valence-corrected chi connectivity index (χ3v) is 7.91. The SMILES string of the molecule is Cc1noc([C@H](C(=O)N2C[C@H](C)C[C@H]2C2=NOC(C)(c3ccc(-c4ccccc4F)cc3)N2)C(C)C)c1Cl. The molecule has 1 saturated heterocycles. The summed E-state index contributed by atoms with van der Waals surface area (Å²) in [6, 6.07) is 13.9. The smallest absolute Gasteiger partial charge is 0.234 e. The van der Waals surface area contributed by atoms with E-state index in [4.69, 9.17) is 21.0 Å². The first-order valence-corrected chi connectivity index (χ1v) is 13.3. The van der Waals surface area contributed by atoms with Gasteiger partial charge in [-0.2, -0.15) is 0 Å². The molecule has 1 aromatic heterocycles. The molecular weight excluding hydrogens is 507 g/mol. The van der Waals surface area contributed by atoms with E-state index in [1.165, 1.54) is 6.07 Å². The molecule has 5 rings (SSSR count). The Labute approximate surface area is 227 Å². The number of likely N-dealkylation sites (tertiary alicyclic amines) is 1. The van der Waals surface area contributed by atoms with Crippen molar-refractivity contribution in [2.45, 2.75) is 58.7 Å². The molecule has 1 fully saturated rings. The minimum absolute atomic E-state index is 0.0446. The lowest BCUT2D eigenvalue weighted by atomic mass is 9.91. The van der Waals surface area contributed by atoms with Gasteiger partial charge in [-0.3, -0.25) is 4.79 Å². The summed E-state index contributed by atoms with van der Waals surface area (Å²) in [5.41, 5.74) is 1.80. The second-order valence-electron chi connectivity index (χ2n) is 10.8. The summed E-state index contributed by atoms with van der Waals surface area (Å²) in [6.07, 6.45) is 0.747. The molecule has 0 aliphatic carbocycles. The predicted molar refractivity (Wildman–Crippen MR) is 144 cm³/mol. The van der Waals surface area contributed by atoms with Crippen molar-refractivity contribution >= 4 is 23.3 Å². The summed E-state index contributed by atoms with van der Waals surface area (Å²) in [7, 11) is 0. The molecule has 2 aliphatic heterocycles. The summed E-state index contributed by atoms with van der Waals surface area (Å²) < 4.78 is 19.7. The Balaban J connectivity index is 1.36. The number of aromatic nitrogens is 1. The van der Waals surface area contributed by atoms with Crippen molar-refractivity contribution in [3.63, 3.8) is 0 Å². The van der Waals surface area contributed by atoms with E-state index in [1.807, 2.05) is 56.0 Å². The molecule has 2 aliphatic rings. The van der Waals surface area contributed by atoms with Crippen molar-refractivity contribution in [3.8, 4) is 11.1 Å². The van der Waals surface area contributed by atoms with Crippen LogP contribution in [0.2, 0.25) is 5.02 Å². The number of hydrogen-bond donors (Lipinski definition) is 1. The molecule has 0 radical (unpaired) electrons. The van der Waals surface area contributed by atoms with Crippen LogP contribution in [0, 0.1) is 24.6 Å². The molecule has 2 aromatic carbocycles. The average Bonchev–Trinajstić information content (AvgIpc) is 3.58. The Hall–Kier alpha value is -3.39. The van der Waals surface area contributed by atoms with Gasteiger partial charge in [-0.15, -0.1) is 0 Å². The third kappa shape index (κ3) is 4.66. The summed E-state index contributed by atoms with van der Waals surface area (Å²) in [6.45, 7) is 10.3. The van der Waals surface area contributed by atoms with Gasteiger partial charge >= 0.3 is 0 Å². The zero-order valence-electron chi connectivity index (χ0n) is 22.2. The van der Waals surface area contributed by atoms with Gasteiger partial charge in [-0.1, -0.05) is 85.1 Å². The second-order valence-corrected chi connectivity index (χ2v) is 11.2. The number of oxime groups is 1. The summed E-state index contributed by atoms with van der Waals surface area (Å²) >= 11 is 6.45. The van der Waals surface area contributed by atoms with Crippen molar-refractivity contribution in [2.24, 2.45) is 17.0 Å². The fourth-order valence-corrected chi connectivity index (χ4v) is 5.55. The summed E-state index contributed by atoms with van der Waals surface area (Å²) in [5.74, 6) is 0.341. The maximum atomic E-state index is 14.2. The van der Waals surface area contributed by atoms with Crippen molar-refractivity contribution in [1.29, 1.82) is 0 Å². The lowest BCUT2D eigenvalue weighted by Gasteiger charge is -2.30. The molecule has 1 unspecified atom stereocenters. The molecule has 0 bridgehead atoms. The lowest BCUT2D eigenvalue weighted by molar-refractivity contribution is -0.134. The van der Waals surface area contributed by atoms with E-state index < -0.39 is 11.6 Å². The highest BCUT2D eigenvalue weighted by Crippen LogP contribution is 2.38. The second kappa shape index (κ2) is 10.1. The molecule has 0 saturated carbocycles. The zero-order valence-corrected chi connectivity index (χ0v) is 22.9. The Morgan fingerprint density at radius 2 is 1.92 bits per heavy atom. The van der Waals surface area contributed by atoms with Crippen LogP contribution in [0.4, 0.5) is 4.39 Å². The zero-order chi connectivity index (χ0) is 27.2. The van der Waals surface area contributed by atoms with Gasteiger partial charge in [0, 0.05) is 24.6 Å². The maximum absolute atomic E-state index is 14.2. The number of rotatable bonds is 6. The molecule has 200 valence electrons. The van der Waals surface area contributed by atoms with Gasteiger partial charge in [0.1, 0.15) is 16.8 Å². The lowest BCUT2D eigenvalue weighted by Crippen LogP contribution is -2.50. The van der Waals surface area contributed by atoms with E-state index in [-0.39, 0.29) is 29.6 Å². The van der Waals surface area contributed by atoms with Gasteiger partial charge in [-0.25, -0.2) is 4.39 Å². The van der Waals surface area contributed by atoms with Gasteiger partial charge in [0.25, 0.3) is 0 Å². The molecule has 9 heteroatoms. The Kier molecular flexibility index (Phi) is 6.94. The van der Waals surface area contributed by atoms with Crippen LogP contribution in [0.15, 0.2) is 58.2 Å². The van der Waals surface area contributed by atoms with Gasteiger partial charge in [0.15, 0.2) is 11.6 Å². The normalized spacial score (nSPS) is 23.8. The molecule has 1 N–H and O–H groups in total. The number of carbonyl (C=O) groups excluding carboxylic acids is 1. The average molecular weight is 539 g/mol. The Bertz CT molecular complexity index is 1370. The first-order chi connectivity index (χ1) is 18.1. The van der Waals surface area contributed by atoms with Crippen LogP contribution in [-0.4, -0.2) is 34.4 Å². The summed E-state index contributed by atoms with van der Waals surface area (Å²) in [4.78, 5) is 21.7. The van der Waals surface area contributed by atoms with E-state index in [2.05, 4.69) is 22.6 Å².